The number of thiol groups is 1. The van der Waals surface area contributed by atoms with Crippen molar-refractivity contribution in [2.75, 3.05) is 0 Å². The normalized spacial score (nSPS) is 41.9. The minimum atomic E-state index is -4.34. The predicted octanol–water partition coefficient (Wildman–Crippen LogP) is 16.8. The van der Waals surface area contributed by atoms with E-state index in [1.54, 1.807) is 11.8 Å². The van der Waals surface area contributed by atoms with E-state index in [4.69, 9.17) is 0 Å². The van der Waals surface area contributed by atoms with E-state index in [2.05, 4.69) is 54.2 Å². The van der Waals surface area contributed by atoms with E-state index in [1.807, 2.05) is 0 Å². The van der Waals surface area contributed by atoms with Crippen molar-refractivity contribution >= 4 is 47.9 Å². The number of hydrogen-bond donors (Lipinski definition) is 1. The van der Waals surface area contributed by atoms with Crippen molar-refractivity contribution in [1.82, 2.24) is 0 Å². The molecule has 6 heterocycles. The molecule has 8 fully saturated rings. The van der Waals surface area contributed by atoms with Crippen LogP contribution in [0.3, 0.4) is 0 Å². The van der Waals surface area contributed by atoms with Crippen LogP contribution in [-0.2, 0) is 0 Å². The van der Waals surface area contributed by atoms with Crippen molar-refractivity contribution in [2.24, 2.45) is 16.7 Å². The molecule has 0 radical (unpaired) electrons. The molecule has 2 aliphatic carbocycles. The predicted molar refractivity (Wildman–Crippen MR) is 233 cm³/mol. The average molecular weight is 905 g/mol. The summed E-state index contributed by atoms with van der Waals surface area (Å²) in [5.74, 6) is -16.9. The summed E-state index contributed by atoms with van der Waals surface area (Å²) in [6.07, 6.45) is 9.87. The molecule has 8 aliphatic rings. The Morgan fingerprint density at radius 3 is 1.60 bits per heavy atom. The fourth-order valence-corrected chi connectivity index (χ4v) is 21.8. The summed E-state index contributed by atoms with van der Waals surface area (Å²) in [5.41, 5.74) is -0.140. The van der Waals surface area contributed by atoms with Crippen molar-refractivity contribution in [3.63, 3.8) is 0 Å². The molecule has 0 spiro atoms. The van der Waals surface area contributed by atoms with E-state index in [1.165, 1.54) is 11.8 Å². The molecule has 6 atom stereocenters. The summed E-state index contributed by atoms with van der Waals surface area (Å²) in [7, 11) is 0. The van der Waals surface area contributed by atoms with Crippen LogP contribution < -0.4 is 0 Å². The zero-order valence-corrected chi connectivity index (χ0v) is 39.5. The van der Waals surface area contributed by atoms with Crippen molar-refractivity contribution in [2.45, 2.75) is 265 Å². The molecule has 58 heavy (non-hydrogen) atoms. The van der Waals surface area contributed by atoms with Gasteiger partial charge in [-0.3, -0.25) is 0 Å². The van der Waals surface area contributed by atoms with Crippen molar-refractivity contribution in [3.05, 3.63) is 0 Å². The largest absolute Gasteiger partial charge is 0.324 e. The van der Waals surface area contributed by atoms with Gasteiger partial charge in [-0.1, -0.05) is 92.9 Å². The van der Waals surface area contributed by atoms with E-state index >= 15 is 35.1 Å². The van der Waals surface area contributed by atoms with Gasteiger partial charge < -0.3 is 0 Å². The van der Waals surface area contributed by atoms with Gasteiger partial charge in [-0.15, -0.1) is 35.3 Å². The Labute approximate surface area is 363 Å². The minimum absolute atomic E-state index is 0.00542. The Bertz CT molecular complexity index is 1500. The Morgan fingerprint density at radius 2 is 0.983 bits per heavy atom. The zero-order valence-electron chi connectivity index (χ0n) is 36.2. The highest BCUT2D eigenvalue weighted by atomic mass is 32.2. The van der Waals surface area contributed by atoms with E-state index < -0.39 is 65.0 Å². The molecular formula is C46H72F8S4. The maximum absolute atomic E-state index is 17.3. The smallest absolute Gasteiger partial charge is 0.200 e. The van der Waals surface area contributed by atoms with E-state index in [0.717, 1.165) is 43.9 Å². The second kappa shape index (κ2) is 15.2. The van der Waals surface area contributed by atoms with Crippen LogP contribution in [0.25, 0.3) is 0 Å². The average Bonchev–Trinajstić information content (AvgIpc) is 3.43. The Morgan fingerprint density at radius 1 is 0.500 bits per heavy atom. The third-order valence-corrected chi connectivity index (χ3v) is 25.7. The fraction of sp³-hybridized carbons (Fsp3) is 1.00. The first-order chi connectivity index (χ1) is 26.7. The van der Waals surface area contributed by atoms with Crippen LogP contribution in [0.4, 0.5) is 35.1 Å². The molecule has 6 aliphatic heterocycles. The second-order valence-electron chi connectivity index (χ2n) is 22.1. The monoisotopic (exact) mass is 904 g/mol. The van der Waals surface area contributed by atoms with Crippen LogP contribution in [0.2, 0.25) is 0 Å². The molecule has 0 aromatic rings. The number of fused-ring (bicyclic) bond motifs is 7. The minimum Gasteiger partial charge on any atom is -0.200 e. The second-order valence-corrected chi connectivity index (χ2v) is 28.4. The van der Waals surface area contributed by atoms with E-state index in [9.17, 15) is 0 Å². The summed E-state index contributed by atoms with van der Waals surface area (Å²) < 4.78 is 127. The first kappa shape index (κ1) is 46.8. The zero-order chi connectivity index (χ0) is 42.6. The maximum Gasteiger partial charge on any atom is 0.324 e. The quantitative estimate of drug-likeness (QED) is 0.111. The van der Waals surface area contributed by atoms with Crippen molar-refractivity contribution in [1.29, 1.82) is 0 Å². The SMILES string of the molecule is CCC(C)(C)C1CCCC(S)(C(F)(F)C(F)(F)CC23CCCC(C45CCCCC(C(F)(F)C(F)(F)CC67CCCC(C(C)(C)CC)(C6)S7)(CCC4)S5)(CCC2)S3)CC1. The summed E-state index contributed by atoms with van der Waals surface area (Å²) >= 11 is 8.56. The third kappa shape index (κ3) is 7.20. The third-order valence-electron chi connectivity index (χ3n) is 18.2. The van der Waals surface area contributed by atoms with Gasteiger partial charge in [0, 0.05) is 36.6 Å². The summed E-state index contributed by atoms with van der Waals surface area (Å²) in [6, 6.07) is 0. The first-order valence-corrected chi connectivity index (χ1v) is 25.9. The molecular weight excluding hydrogens is 833 g/mol. The first-order valence-electron chi connectivity index (χ1n) is 23.1. The summed E-state index contributed by atoms with van der Waals surface area (Å²) in [6.45, 7) is 12.8. The highest BCUT2D eigenvalue weighted by Crippen LogP contribution is 2.76. The number of rotatable bonds is 13. The summed E-state index contributed by atoms with van der Waals surface area (Å²) in [5, 5.41) is 0. The fourth-order valence-electron chi connectivity index (χ4n) is 13.8. The molecule has 6 unspecified atom stereocenters. The van der Waals surface area contributed by atoms with E-state index in [-0.39, 0.29) is 47.2 Å². The van der Waals surface area contributed by atoms with Gasteiger partial charge in [0.15, 0.2) is 0 Å². The molecule has 2 saturated carbocycles. The maximum atomic E-state index is 17.3. The molecule has 336 valence electrons. The molecule has 0 aromatic carbocycles. The van der Waals surface area contributed by atoms with E-state index in [0.29, 0.717) is 96.3 Å². The van der Waals surface area contributed by atoms with Gasteiger partial charge in [-0.25, -0.2) is 0 Å². The van der Waals surface area contributed by atoms with Crippen LogP contribution in [0.1, 0.15) is 208 Å². The lowest BCUT2D eigenvalue weighted by Crippen LogP contribution is -2.67. The number of hydrogen-bond acceptors (Lipinski definition) is 4. The lowest BCUT2D eigenvalue weighted by molar-refractivity contribution is -0.237. The highest BCUT2D eigenvalue weighted by Gasteiger charge is 2.77. The van der Waals surface area contributed by atoms with Gasteiger partial charge in [-0.2, -0.15) is 47.8 Å². The van der Waals surface area contributed by atoms with Crippen LogP contribution in [0.15, 0.2) is 0 Å². The highest BCUT2D eigenvalue weighted by molar-refractivity contribution is 8.06. The number of halogens is 8. The Balaban J connectivity index is 1.13. The van der Waals surface area contributed by atoms with Crippen molar-refractivity contribution in [3.8, 4) is 0 Å². The Hall–Kier alpha value is 0.840. The molecule has 6 saturated heterocycles. The standard InChI is InChI=1S/C46H72F8S4/c1-7-34(3,4)33-16-11-21-38(55,29-17-33)45(51,52)43(47,48)31-36-18-12-24-39(56-36,25-13-19-36)40-22-9-10-23-41(58-40,27-15-26-40)46(53,54)44(49,50)32-37-20-14-28-42(30-37,57-37)35(5,6)8-2/h33,55H,7-32H2,1-6H3. The topological polar surface area (TPSA) is 0 Å². The molecule has 0 amide bonds. The summed E-state index contributed by atoms with van der Waals surface area (Å²) in [4.78, 5) is 0. The lowest BCUT2D eigenvalue weighted by atomic mass is 9.63. The molecule has 8 rings (SSSR count). The van der Waals surface area contributed by atoms with Gasteiger partial charge in [0.2, 0.25) is 0 Å². The molecule has 0 nitrogen and oxygen atoms in total. The molecule has 0 N–H and O–H groups in total. The van der Waals surface area contributed by atoms with Crippen LogP contribution in [0.5, 0.6) is 0 Å². The Kier molecular flexibility index (Phi) is 12.3. The number of alkyl halides is 8. The van der Waals surface area contributed by atoms with Gasteiger partial charge in [0.25, 0.3) is 0 Å². The van der Waals surface area contributed by atoms with Crippen molar-refractivity contribution < 1.29 is 35.1 Å². The molecule has 0 aromatic heterocycles. The number of thioether (sulfide) groups is 3. The van der Waals surface area contributed by atoms with Gasteiger partial charge in [0.05, 0.1) is 9.49 Å². The lowest BCUT2D eigenvalue weighted by Gasteiger charge is -2.67. The van der Waals surface area contributed by atoms with Gasteiger partial charge in [0.1, 0.15) is 0 Å². The molecule has 6 bridgehead atoms. The van der Waals surface area contributed by atoms with Gasteiger partial charge >= 0.3 is 23.7 Å². The van der Waals surface area contributed by atoms with Crippen LogP contribution >= 0.6 is 47.9 Å². The van der Waals surface area contributed by atoms with Crippen LogP contribution in [0, 0.1) is 16.7 Å². The van der Waals surface area contributed by atoms with Gasteiger partial charge in [-0.05, 0) is 119 Å². The van der Waals surface area contributed by atoms with Crippen LogP contribution in [-0.4, -0.2) is 56.9 Å². The molecule has 12 heteroatoms.